The maximum atomic E-state index is 12.5. The molecule has 0 aromatic carbocycles. The number of hydrogen-bond donors (Lipinski definition) is 1. The highest BCUT2D eigenvalue weighted by Crippen LogP contribution is 2.20. The number of carbonyl (C=O) groups excluding carboxylic acids is 1. The van der Waals surface area contributed by atoms with Crippen LogP contribution in [0.4, 0.5) is 4.79 Å². The number of amides is 2. The lowest BCUT2D eigenvalue weighted by Crippen LogP contribution is -2.47. The summed E-state index contributed by atoms with van der Waals surface area (Å²) in [7, 11) is 0. The molecule has 3 rings (SSSR count). The average Bonchev–Trinajstić information content (AvgIpc) is 3.00. The predicted molar refractivity (Wildman–Crippen MR) is 91.4 cm³/mol. The maximum Gasteiger partial charge on any atom is 0.317 e. The second-order valence-electron chi connectivity index (χ2n) is 6.68. The highest BCUT2D eigenvalue weighted by Gasteiger charge is 2.27. The van der Waals surface area contributed by atoms with E-state index in [1.54, 1.807) is 6.20 Å². The Morgan fingerprint density at radius 2 is 2.04 bits per heavy atom. The number of hydrogen-bond acceptors (Lipinski definition) is 3. The first-order chi connectivity index (χ1) is 11.3. The van der Waals surface area contributed by atoms with Crippen molar-refractivity contribution in [3.05, 3.63) is 30.1 Å². The van der Waals surface area contributed by atoms with Gasteiger partial charge in [0.05, 0.1) is 0 Å². The van der Waals surface area contributed by atoms with E-state index in [-0.39, 0.29) is 6.03 Å². The van der Waals surface area contributed by atoms with Gasteiger partial charge in [-0.25, -0.2) is 4.79 Å². The van der Waals surface area contributed by atoms with E-state index in [1.165, 1.54) is 44.3 Å². The quantitative estimate of drug-likeness (QED) is 0.927. The second-order valence-corrected chi connectivity index (χ2v) is 6.68. The van der Waals surface area contributed by atoms with E-state index in [0.717, 1.165) is 25.9 Å². The van der Waals surface area contributed by atoms with E-state index < -0.39 is 0 Å². The van der Waals surface area contributed by atoms with Crippen molar-refractivity contribution < 1.29 is 4.79 Å². The Balaban J connectivity index is 1.47. The summed E-state index contributed by atoms with van der Waals surface area (Å²) in [5, 5.41) is 3.08. The molecule has 3 heterocycles. The molecular formula is C18H28N4O. The molecule has 0 aliphatic carbocycles. The molecule has 5 nitrogen and oxygen atoms in total. The zero-order valence-electron chi connectivity index (χ0n) is 13.9. The summed E-state index contributed by atoms with van der Waals surface area (Å²) in [4.78, 5) is 21.2. The van der Waals surface area contributed by atoms with Gasteiger partial charge in [0.1, 0.15) is 0 Å². The molecule has 0 bridgehead atoms. The van der Waals surface area contributed by atoms with Gasteiger partial charge in [0.25, 0.3) is 0 Å². The van der Waals surface area contributed by atoms with Crippen molar-refractivity contribution in [1.82, 2.24) is 20.1 Å². The zero-order chi connectivity index (χ0) is 15.9. The minimum atomic E-state index is 0.0972. The number of nitrogens with zero attached hydrogens (tertiary/aromatic N) is 3. The third kappa shape index (κ3) is 4.67. The summed E-state index contributed by atoms with van der Waals surface area (Å²) in [5.74, 6) is 0. The molecule has 0 radical (unpaired) electrons. The molecule has 2 saturated heterocycles. The Kier molecular flexibility index (Phi) is 5.86. The number of carbonyl (C=O) groups is 1. The first kappa shape index (κ1) is 16.2. The van der Waals surface area contributed by atoms with Crippen molar-refractivity contribution in [3.63, 3.8) is 0 Å². The van der Waals surface area contributed by atoms with Gasteiger partial charge in [0, 0.05) is 38.1 Å². The standard InChI is InChI=1S/C18H28N4O/c23-18(20-10-8-16-6-5-9-19-14-16)22-13-2-1-7-17(15-22)21-11-3-4-12-21/h5-6,9,14,17H,1-4,7-8,10-13,15H2,(H,20,23)/t17-/m1/s1. The largest absolute Gasteiger partial charge is 0.338 e. The molecular weight excluding hydrogens is 288 g/mol. The first-order valence-electron chi connectivity index (χ1n) is 8.98. The van der Waals surface area contributed by atoms with Crippen LogP contribution < -0.4 is 5.32 Å². The van der Waals surface area contributed by atoms with Crippen molar-refractivity contribution in [1.29, 1.82) is 0 Å². The highest BCUT2D eigenvalue weighted by molar-refractivity contribution is 5.74. The molecule has 2 aliphatic rings. The smallest absolute Gasteiger partial charge is 0.317 e. The lowest BCUT2D eigenvalue weighted by Gasteiger charge is -2.30. The van der Waals surface area contributed by atoms with Crippen molar-refractivity contribution >= 4 is 6.03 Å². The molecule has 0 unspecified atom stereocenters. The van der Waals surface area contributed by atoms with Gasteiger partial charge >= 0.3 is 6.03 Å². The zero-order valence-corrected chi connectivity index (χ0v) is 13.9. The number of likely N-dealkylation sites (tertiary alicyclic amines) is 2. The lowest BCUT2D eigenvalue weighted by atomic mass is 10.1. The number of pyridine rings is 1. The van der Waals surface area contributed by atoms with E-state index in [9.17, 15) is 4.79 Å². The van der Waals surface area contributed by atoms with Crippen molar-refractivity contribution in [2.24, 2.45) is 0 Å². The Hall–Kier alpha value is -1.62. The van der Waals surface area contributed by atoms with Gasteiger partial charge in [-0.1, -0.05) is 12.5 Å². The monoisotopic (exact) mass is 316 g/mol. The van der Waals surface area contributed by atoms with Crippen LogP contribution in [0.1, 0.15) is 37.7 Å². The lowest BCUT2D eigenvalue weighted by molar-refractivity contribution is 0.166. The number of urea groups is 1. The van der Waals surface area contributed by atoms with Gasteiger partial charge in [-0.15, -0.1) is 0 Å². The molecule has 2 amide bonds. The van der Waals surface area contributed by atoms with E-state index >= 15 is 0 Å². The van der Waals surface area contributed by atoms with Gasteiger partial charge < -0.3 is 10.2 Å². The molecule has 0 saturated carbocycles. The van der Waals surface area contributed by atoms with Crippen LogP contribution in [-0.4, -0.2) is 59.6 Å². The third-order valence-electron chi connectivity index (χ3n) is 5.00. The molecule has 23 heavy (non-hydrogen) atoms. The van der Waals surface area contributed by atoms with Crippen LogP contribution in [0.15, 0.2) is 24.5 Å². The summed E-state index contributed by atoms with van der Waals surface area (Å²) in [6, 6.07) is 4.64. The van der Waals surface area contributed by atoms with Gasteiger partial charge in [-0.2, -0.15) is 0 Å². The second kappa shape index (κ2) is 8.29. The fraction of sp³-hybridized carbons (Fsp3) is 0.667. The first-order valence-corrected chi connectivity index (χ1v) is 8.98. The minimum Gasteiger partial charge on any atom is -0.338 e. The van der Waals surface area contributed by atoms with Gasteiger partial charge in [-0.3, -0.25) is 9.88 Å². The molecule has 1 aromatic rings. The number of aromatic nitrogens is 1. The van der Waals surface area contributed by atoms with E-state index in [4.69, 9.17) is 0 Å². The molecule has 1 atom stereocenters. The van der Waals surface area contributed by atoms with Crippen molar-refractivity contribution in [2.45, 2.75) is 44.6 Å². The highest BCUT2D eigenvalue weighted by atomic mass is 16.2. The maximum absolute atomic E-state index is 12.5. The Morgan fingerprint density at radius 1 is 1.22 bits per heavy atom. The van der Waals surface area contributed by atoms with E-state index in [2.05, 4.69) is 21.3 Å². The van der Waals surface area contributed by atoms with E-state index in [1.807, 2.05) is 17.2 Å². The van der Waals surface area contributed by atoms with Crippen LogP contribution >= 0.6 is 0 Å². The summed E-state index contributed by atoms with van der Waals surface area (Å²) in [6.45, 7) is 4.87. The van der Waals surface area contributed by atoms with Gasteiger partial charge in [0.15, 0.2) is 0 Å². The predicted octanol–water partition coefficient (Wildman–Crippen LogP) is 2.28. The molecule has 1 N–H and O–H groups in total. The Bertz CT molecular complexity index is 487. The molecule has 5 heteroatoms. The molecule has 2 fully saturated rings. The van der Waals surface area contributed by atoms with Crippen LogP contribution in [0.3, 0.4) is 0 Å². The summed E-state index contributed by atoms with van der Waals surface area (Å²) >= 11 is 0. The Morgan fingerprint density at radius 3 is 2.83 bits per heavy atom. The topological polar surface area (TPSA) is 48.5 Å². The van der Waals surface area contributed by atoms with Gasteiger partial charge in [0.2, 0.25) is 0 Å². The van der Waals surface area contributed by atoms with Crippen molar-refractivity contribution in [2.75, 3.05) is 32.7 Å². The summed E-state index contributed by atoms with van der Waals surface area (Å²) < 4.78 is 0. The van der Waals surface area contributed by atoms with E-state index in [0.29, 0.717) is 12.6 Å². The number of rotatable bonds is 4. The summed E-state index contributed by atoms with van der Waals surface area (Å²) in [6.07, 6.45) is 10.7. The average molecular weight is 316 g/mol. The van der Waals surface area contributed by atoms with Crippen LogP contribution in [0.25, 0.3) is 0 Å². The molecule has 126 valence electrons. The normalized spacial score (nSPS) is 22.8. The fourth-order valence-corrected chi connectivity index (χ4v) is 3.68. The fourth-order valence-electron chi connectivity index (χ4n) is 3.68. The molecule has 2 aliphatic heterocycles. The van der Waals surface area contributed by atoms with Crippen LogP contribution in [0, 0.1) is 0 Å². The third-order valence-corrected chi connectivity index (χ3v) is 5.00. The van der Waals surface area contributed by atoms with Crippen LogP contribution in [-0.2, 0) is 6.42 Å². The molecule has 0 spiro atoms. The van der Waals surface area contributed by atoms with Gasteiger partial charge in [-0.05, 0) is 56.8 Å². The SMILES string of the molecule is O=C(NCCc1cccnc1)N1CCCC[C@@H](N2CCCC2)C1. The van der Waals surface area contributed by atoms with Crippen molar-refractivity contribution in [3.8, 4) is 0 Å². The number of nitrogens with one attached hydrogen (secondary N) is 1. The van der Waals surface area contributed by atoms with Crippen LogP contribution in [0.2, 0.25) is 0 Å². The molecule has 1 aromatic heterocycles. The Labute approximate surface area is 139 Å². The summed E-state index contributed by atoms with van der Waals surface area (Å²) in [5.41, 5.74) is 1.17. The minimum absolute atomic E-state index is 0.0972. The van der Waals surface area contributed by atoms with Crippen LogP contribution in [0.5, 0.6) is 0 Å².